The standard InChI is InChI=1S/C15H21ClN2S2/c1-9-10(2)20-13(8-19-9)15-17-12-7-5-3-4-6-11(12)14(16)18-15/h9-10,13H,3-8H2,1-2H3. The molecule has 1 fully saturated rings. The third-order valence-electron chi connectivity index (χ3n) is 4.24. The van der Waals surface area contributed by atoms with Crippen LogP contribution in [-0.4, -0.2) is 26.2 Å². The average Bonchev–Trinajstić information content (AvgIpc) is 2.67. The van der Waals surface area contributed by atoms with Gasteiger partial charge < -0.3 is 0 Å². The van der Waals surface area contributed by atoms with E-state index in [0.717, 1.165) is 24.4 Å². The summed E-state index contributed by atoms with van der Waals surface area (Å²) in [7, 11) is 0. The smallest absolute Gasteiger partial charge is 0.144 e. The first-order valence-electron chi connectivity index (χ1n) is 7.47. The topological polar surface area (TPSA) is 25.8 Å². The second kappa shape index (κ2) is 6.45. The van der Waals surface area contributed by atoms with Gasteiger partial charge in [0.25, 0.3) is 0 Å². The Morgan fingerprint density at radius 2 is 1.85 bits per heavy atom. The number of aromatic nitrogens is 2. The van der Waals surface area contributed by atoms with E-state index >= 15 is 0 Å². The van der Waals surface area contributed by atoms with E-state index in [2.05, 4.69) is 18.8 Å². The van der Waals surface area contributed by atoms with Crippen molar-refractivity contribution in [2.75, 3.05) is 5.75 Å². The van der Waals surface area contributed by atoms with Crippen molar-refractivity contribution in [1.29, 1.82) is 0 Å². The van der Waals surface area contributed by atoms with E-state index in [0.29, 0.717) is 20.9 Å². The molecule has 0 amide bonds. The molecule has 2 nitrogen and oxygen atoms in total. The minimum Gasteiger partial charge on any atom is -0.236 e. The Balaban J connectivity index is 1.87. The summed E-state index contributed by atoms with van der Waals surface area (Å²) in [6, 6.07) is 0. The molecule has 3 rings (SSSR count). The van der Waals surface area contributed by atoms with Gasteiger partial charge in [0.15, 0.2) is 0 Å². The van der Waals surface area contributed by atoms with Crippen molar-refractivity contribution in [2.24, 2.45) is 0 Å². The number of fused-ring (bicyclic) bond motifs is 1. The van der Waals surface area contributed by atoms with Crippen molar-refractivity contribution < 1.29 is 0 Å². The van der Waals surface area contributed by atoms with Gasteiger partial charge >= 0.3 is 0 Å². The van der Waals surface area contributed by atoms with Gasteiger partial charge in [-0.2, -0.15) is 11.8 Å². The molecule has 0 aromatic carbocycles. The number of rotatable bonds is 1. The lowest BCUT2D eigenvalue weighted by Crippen LogP contribution is -2.23. The Morgan fingerprint density at radius 1 is 1.05 bits per heavy atom. The zero-order valence-electron chi connectivity index (χ0n) is 12.1. The molecule has 1 aromatic rings. The van der Waals surface area contributed by atoms with Crippen LogP contribution in [0.2, 0.25) is 5.15 Å². The van der Waals surface area contributed by atoms with Crippen LogP contribution in [0.15, 0.2) is 0 Å². The zero-order chi connectivity index (χ0) is 14.1. The molecule has 0 bridgehead atoms. The largest absolute Gasteiger partial charge is 0.236 e. The van der Waals surface area contributed by atoms with Gasteiger partial charge in [-0.25, -0.2) is 9.97 Å². The summed E-state index contributed by atoms with van der Waals surface area (Å²) in [5.41, 5.74) is 2.43. The number of thioether (sulfide) groups is 2. The van der Waals surface area contributed by atoms with Gasteiger partial charge in [0.05, 0.1) is 5.25 Å². The van der Waals surface area contributed by atoms with E-state index in [4.69, 9.17) is 16.6 Å². The molecule has 110 valence electrons. The van der Waals surface area contributed by atoms with Crippen LogP contribution in [0.4, 0.5) is 0 Å². The van der Waals surface area contributed by atoms with Crippen LogP contribution in [0, 0.1) is 0 Å². The molecule has 3 atom stereocenters. The highest BCUT2D eigenvalue weighted by Gasteiger charge is 2.29. The number of hydrogen-bond donors (Lipinski definition) is 0. The molecule has 0 N–H and O–H groups in total. The van der Waals surface area contributed by atoms with Crippen LogP contribution in [0.3, 0.4) is 0 Å². The zero-order valence-corrected chi connectivity index (χ0v) is 14.5. The summed E-state index contributed by atoms with van der Waals surface area (Å²) in [4.78, 5) is 9.52. The summed E-state index contributed by atoms with van der Waals surface area (Å²) < 4.78 is 0. The molecule has 1 saturated heterocycles. The number of halogens is 1. The molecule has 5 heteroatoms. The Hall–Kier alpha value is 0.0700. The van der Waals surface area contributed by atoms with E-state index in [-0.39, 0.29) is 0 Å². The first-order chi connectivity index (χ1) is 9.65. The molecular weight excluding hydrogens is 308 g/mol. The number of hydrogen-bond acceptors (Lipinski definition) is 4. The van der Waals surface area contributed by atoms with Gasteiger partial charge in [-0.15, -0.1) is 11.8 Å². The maximum absolute atomic E-state index is 6.44. The quantitative estimate of drug-likeness (QED) is 0.551. The van der Waals surface area contributed by atoms with E-state index in [9.17, 15) is 0 Å². The van der Waals surface area contributed by atoms with Crippen LogP contribution in [0.25, 0.3) is 0 Å². The lowest BCUT2D eigenvalue weighted by Gasteiger charge is -2.30. The van der Waals surface area contributed by atoms with Crippen LogP contribution >= 0.6 is 35.1 Å². The first kappa shape index (κ1) is 15.0. The van der Waals surface area contributed by atoms with Crippen LogP contribution < -0.4 is 0 Å². The Labute approximate surface area is 134 Å². The summed E-state index contributed by atoms with van der Waals surface area (Å²) in [6.45, 7) is 4.61. The summed E-state index contributed by atoms with van der Waals surface area (Å²) in [5, 5.41) is 2.48. The molecule has 2 aliphatic rings. The maximum Gasteiger partial charge on any atom is 0.144 e. The lowest BCUT2D eigenvalue weighted by molar-refractivity contribution is 0.708. The van der Waals surface area contributed by atoms with Gasteiger partial charge in [0.2, 0.25) is 0 Å². The normalized spacial score (nSPS) is 30.6. The van der Waals surface area contributed by atoms with Gasteiger partial charge in [-0.3, -0.25) is 0 Å². The minimum absolute atomic E-state index is 0.400. The fraction of sp³-hybridized carbons (Fsp3) is 0.733. The number of nitrogens with zero attached hydrogens (tertiary/aromatic N) is 2. The predicted octanol–water partition coefficient (Wildman–Crippen LogP) is 4.70. The van der Waals surface area contributed by atoms with E-state index in [1.54, 1.807) is 0 Å². The Bertz CT molecular complexity index is 495. The summed E-state index contributed by atoms with van der Waals surface area (Å²) in [5.74, 6) is 2.07. The first-order valence-corrected chi connectivity index (χ1v) is 9.84. The van der Waals surface area contributed by atoms with Gasteiger partial charge in [-0.1, -0.05) is 31.9 Å². The molecule has 1 aliphatic heterocycles. The minimum atomic E-state index is 0.400. The summed E-state index contributed by atoms with van der Waals surface area (Å²) >= 11 is 10.5. The van der Waals surface area contributed by atoms with Gasteiger partial charge in [0.1, 0.15) is 11.0 Å². The highest BCUT2D eigenvalue weighted by molar-refractivity contribution is 8.07. The van der Waals surface area contributed by atoms with Crippen molar-refractivity contribution in [2.45, 2.75) is 61.7 Å². The molecule has 0 radical (unpaired) electrons. The summed E-state index contributed by atoms with van der Waals surface area (Å²) in [6.07, 6.45) is 5.86. The van der Waals surface area contributed by atoms with Crippen LogP contribution in [0.1, 0.15) is 55.4 Å². The van der Waals surface area contributed by atoms with E-state index < -0.39 is 0 Å². The Morgan fingerprint density at radius 3 is 2.65 bits per heavy atom. The lowest BCUT2D eigenvalue weighted by atomic mass is 10.1. The fourth-order valence-electron chi connectivity index (χ4n) is 2.81. The molecule has 3 unspecified atom stereocenters. The molecule has 1 aliphatic carbocycles. The average molecular weight is 329 g/mol. The third kappa shape index (κ3) is 3.12. The highest BCUT2D eigenvalue weighted by atomic mass is 35.5. The molecule has 20 heavy (non-hydrogen) atoms. The SMILES string of the molecule is CC1SCC(c2nc(Cl)c3c(n2)CCCCC3)SC1C. The Kier molecular flexibility index (Phi) is 4.83. The highest BCUT2D eigenvalue weighted by Crippen LogP contribution is 2.43. The molecule has 1 aromatic heterocycles. The second-order valence-corrected chi connectivity index (χ2v) is 9.08. The molecular formula is C15H21ClN2S2. The molecule has 0 saturated carbocycles. The van der Waals surface area contributed by atoms with Crippen molar-refractivity contribution in [1.82, 2.24) is 9.97 Å². The van der Waals surface area contributed by atoms with Gasteiger partial charge in [-0.05, 0) is 25.7 Å². The number of aryl methyl sites for hydroxylation is 1. The van der Waals surface area contributed by atoms with E-state index in [1.807, 2.05) is 23.5 Å². The predicted molar refractivity (Wildman–Crippen MR) is 90.0 cm³/mol. The second-order valence-electron chi connectivity index (χ2n) is 5.73. The molecule has 0 spiro atoms. The van der Waals surface area contributed by atoms with Crippen LogP contribution in [-0.2, 0) is 12.8 Å². The third-order valence-corrected chi connectivity index (χ3v) is 7.94. The maximum atomic E-state index is 6.44. The molecule has 2 heterocycles. The monoisotopic (exact) mass is 328 g/mol. The van der Waals surface area contributed by atoms with Crippen molar-refractivity contribution in [3.63, 3.8) is 0 Å². The van der Waals surface area contributed by atoms with Crippen molar-refractivity contribution in [3.8, 4) is 0 Å². The van der Waals surface area contributed by atoms with E-state index in [1.165, 1.54) is 30.5 Å². The van der Waals surface area contributed by atoms with Crippen molar-refractivity contribution >= 4 is 35.1 Å². The van der Waals surface area contributed by atoms with Crippen LogP contribution in [0.5, 0.6) is 0 Å². The fourth-order valence-corrected chi connectivity index (χ4v) is 5.94. The van der Waals surface area contributed by atoms with Gasteiger partial charge in [0, 0.05) is 27.5 Å². The van der Waals surface area contributed by atoms with Crippen molar-refractivity contribution in [3.05, 3.63) is 22.2 Å².